The molecule has 1 aliphatic rings. The molecule has 0 aliphatic carbocycles. The average Bonchev–Trinajstić information content (AvgIpc) is 3.32. The van der Waals surface area contributed by atoms with E-state index in [9.17, 15) is 0 Å². The summed E-state index contributed by atoms with van der Waals surface area (Å²) in [6, 6.07) is 0. The lowest BCUT2D eigenvalue weighted by Gasteiger charge is -2.31. The molecule has 0 aromatic carbocycles. The Morgan fingerprint density at radius 3 is 2.63 bits per heavy atom. The molecule has 0 bridgehead atoms. The molecule has 0 atom stereocenters. The normalized spacial score (nSPS) is 16.4. The van der Waals surface area contributed by atoms with Crippen molar-refractivity contribution in [2.24, 2.45) is 10.9 Å². The number of nitrogens with one attached hydrogen (secondary N) is 2. The van der Waals surface area contributed by atoms with Crippen molar-refractivity contribution >= 4 is 17.3 Å². The Balaban J connectivity index is 1.43. The van der Waals surface area contributed by atoms with Gasteiger partial charge in [-0.1, -0.05) is 13.8 Å². The van der Waals surface area contributed by atoms with E-state index < -0.39 is 0 Å². The van der Waals surface area contributed by atoms with E-state index in [1.54, 1.807) is 11.3 Å². The number of likely N-dealkylation sites (tertiary alicyclic amines) is 1. The van der Waals surface area contributed by atoms with Crippen molar-refractivity contribution in [3.8, 4) is 0 Å². The summed E-state index contributed by atoms with van der Waals surface area (Å²) in [7, 11) is 0. The van der Waals surface area contributed by atoms with Crippen LogP contribution in [0.4, 0.5) is 0 Å². The molecule has 2 aromatic rings. The molecule has 3 heterocycles. The van der Waals surface area contributed by atoms with Crippen molar-refractivity contribution in [3.63, 3.8) is 0 Å². The molecule has 2 N–H and O–H groups in total. The Bertz CT molecular complexity index is 800. The zero-order valence-corrected chi connectivity index (χ0v) is 19.8. The summed E-state index contributed by atoms with van der Waals surface area (Å²) in [6.45, 7) is 15.8. The number of thiazole rings is 1. The minimum absolute atomic E-state index is 0.466. The van der Waals surface area contributed by atoms with E-state index in [0.717, 1.165) is 66.7 Å². The first-order valence-corrected chi connectivity index (χ1v) is 11.9. The van der Waals surface area contributed by atoms with Crippen LogP contribution in [0.3, 0.4) is 0 Å². The average molecular weight is 433 g/mol. The second-order valence-electron chi connectivity index (χ2n) is 8.37. The minimum atomic E-state index is 0.466. The maximum absolute atomic E-state index is 5.73. The fourth-order valence-corrected chi connectivity index (χ4v) is 4.42. The second-order valence-corrected chi connectivity index (χ2v) is 9.31. The third kappa shape index (κ3) is 6.54. The monoisotopic (exact) mass is 432 g/mol. The molecule has 166 valence electrons. The van der Waals surface area contributed by atoms with Crippen LogP contribution in [0.25, 0.3) is 0 Å². The lowest BCUT2D eigenvalue weighted by Crippen LogP contribution is -2.42. The van der Waals surface area contributed by atoms with Gasteiger partial charge in [0.1, 0.15) is 10.8 Å². The molecule has 0 spiro atoms. The van der Waals surface area contributed by atoms with Crippen molar-refractivity contribution in [2.45, 2.75) is 66.5 Å². The van der Waals surface area contributed by atoms with Crippen LogP contribution in [0.1, 0.15) is 67.6 Å². The molecule has 1 aliphatic heterocycles. The molecule has 8 heteroatoms. The van der Waals surface area contributed by atoms with Gasteiger partial charge in [-0.2, -0.15) is 0 Å². The predicted octanol–water partition coefficient (Wildman–Crippen LogP) is 3.84. The van der Waals surface area contributed by atoms with Crippen molar-refractivity contribution in [3.05, 3.63) is 33.4 Å². The van der Waals surface area contributed by atoms with Gasteiger partial charge in [-0.3, -0.25) is 4.90 Å². The molecular weight excluding hydrogens is 396 g/mol. The van der Waals surface area contributed by atoms with Gasteiger partial charge in [0.05, 0.1) is 24.5 Å². The van der Waals surface area contributed by atoms with Gasteiger partial charge in [0.15, 0.2) is 5.96 Å². The van der Waals surface area contributed by atoms with Gasteiger partial charge in [-0.15, -0.1) is 11.3 Å². The molecule has 30 heavy (non-hydrogen) atoms. The van der Waals surface area contributed by atoms with Crippen LogP contribution in [0.2, 0.25) is 0 Å². The number of rotatable bonds is 8. The number of guanidine groups is 1. The first-order valence-electron chi connectivity index (χ1n) is 11.1. The fraction of sp³-hybridized carbons (Fsp3) is 0.682. The summed E-state index contributed by atoms with van der Waals surface area (Å²) in [6.07, 6.45) is 2.35. The number of piperidine rings is 1. The molecule has 2 aromatic heterocycles. The van der Waals surface area contributed by atoms with E-state index in [1.807, 2.05) is 13.8 Å². The van der Waals surface area contributed by atoms with Crippen LogP contribution < -0.4 is 10.6 Å². The molecular formula is C22H36N6OS. The first-order chi connectivity index (χ1) is 14.4. The van der Waals surface area contributed by atoms with Crippen LogP contribution in [0, 0.1) is 19.8 Å². The number of oxazole rings is 1. The number of hydrogen-bond donors (Lipinski definition) is 2. The third-order valence-electron chi connectivity index (χ3n) is 5.57. The highest BCUT2D eigenvalue weighted by Crippen LogP contribution is 2.20. The summed E-state index contributed by atoms with van der Waals surface area (Å²) in [4.78, 5) is 16.4. The summed E-state index contributed by atoms with van der Waals surface area (Å²) in [5.41, 5.74) is 2.16. The number of aliphatic imine (C=N–C) groups is 1. The van der Waals surface area contributed by atoms with Gasteiger partial charge in [-0.25, -0.2) is 15.0 Å². The number of hydrogen-bond acceptors (Lipinski definition) is 6. The highest BCUT2D eigenvalue weighted by Gasteiger charge is 2.21. The van der Waals surface area contributed by atoms with Crippen molar-refractivity contribution in [1.82, 2.24) is 25.5 Å². The molecule has 7 nitrogen and oxygen atoms in total. The quantitative estimate of drug-likeness (QED) is 0.487. The summed E-state index contributed by atoms with van der Waals surface area (Å²) in [5, 5.41) is 10.1. The third-order valence-corrected chi connectivity index (χ3v) is 6.43. The van der Waals surface area contributed by atoms with Crippen LogP contribution >= 0.6 is 11.3 Å². The highest BCUT2D eigenvalue weighted by atomic mass is 32.1. The molecule has 1 fully saturated rings. The van der Waals surface area contributed by atoms with E-state index in [2.05, 4.69) is 51.7 Å². The zero-order chi connectivity index (χ0) is 21.5. The van der Waals surface area contributed by atoms with Crippen LogP contribution in [-0.4, -0.2) is 47.0 Å². The second kappa shape index (κ2) is 10.9. The van der Waals surface area contributed by atoms with E-state index in [0.29, 0.717) is 18.4 Å². The Morgan fingerprint density at radius 1 is 1.27 bits per heavy atom. The van der Waals surface area contributed by atoms with Gasteiger partial charge in [0.25, 0.3) is 0 Å². The maximum atomic E-state index is 5.73. The summed E-state index contributed by atoms with van der Waals surface area (Å²) >= 11 is 1.70. The lowest BCUT2D eigenvalue weighted by atomic mass is 9.97. The molecule has 0 unspecified atom stereocenters. The van der Waals surface area contributed by atoms with Gasteiger partial charge in [0, 0.05) is 18.5 Å². The SMILES string of the molecule is CCNC(=NCc1nc(C(C)C)cs1)NCC1CCN(Cc2nc(C)c(C)o2)CC1. The number of aryl methyl sites for hydroxylation is 2. The summed E-state index contributed by atoms with van der Waals surface area (Å²) < 4.78 is 5.73. The standard InChI is InChI=1S/C22H36N6OS/c1-6-23-22(25-12-21-27-19(14-30-21)15(2)3)24-11-18-7-9-28(10-8-18)13-20-26-16(4)17(5)29-20/h14-15,18H,6-13H2,1-5H3,(H2,23,24,25). The Hall–Kier alpha value is -1.93. The van der Waals surface area contributed by atoms with Crippen molar-refractivity contribution in [2.75, 3.05) is 26.2 Å². The number of nitrogens with zero attached hydrogens (tertiary/aromatic N) is 4. The van der Waals surface area contributed by atoms with E-state index in [-0.39, 0.29) is 0 Å². The van der Waals surface area contributed by atoms with E-state index >= 15 is 0 Å². The largest absolute Gasteiger partial charge is 0.444 e. The van der Waals surface area contributed by atoms with Crippen LogP contribution in [-0.2, 0) is 13.1 Å². The van der Waals surface area contributed by atoms with Crippen LogP contribution in [0.5, 0.6) is 0 Å². The van der Waals surface area contributed by atoms with Crippen LogP contribution in [0.15, 0.2) is 14.8 Å². The zero-order valence-electron chi connectivity index (χ0n) is 19.0. The molecule has 3 rings (SSSR count). The van der Waals surface area contributed by atoms with Crippen molar-refractivity contribution in [1.29, 1.82) is 0 Å². The van der Waals surface area contributed by atoms with E-state index in [4.69, 9.17) is 9.41 Å². The predicted molar refractivity (Wildman–Crippen MR) is 123 cm³/mol. The smallest absolute Gasteiger partial charge is 0.208 e. The van der Waals surface area contributed by atoms with Gasteiger partial charge in [0.2, 0.25) is 5.89 Å². The molecule has 0 amide bonds. The lowest BCUT2D eigenvalue weighted by molar-refractivity contribution is 0.164. The van der Waals surface area contributed by atoms with Gasteiger partial charge in [-0.05, 0) is 58.5 Å². The molecule has 0 radical (unpaired) electrons. The molecule has 1 saturated heterocycles. The Kier molecular flexibility index (Phi) is 8.27. The highest BCUT2D eigenvalue weighted by molar-refractivity contribution is 7.09. The minimum Gasteiger partial charge on any atom is -0.444 e. The maximum Gasteiger partial charge on any atom is 0.208 e. The van der Waals surface area contributed by atoms with Gasteiger partial charge >= 0.3 is 0 Å². The Labute approximate surface area is 184 Å². The Morgan fingerprint density at radius 2 is 2.03 bits per heavy atom. The molecule has 0 saturated carbocycles. The first kappa shape index (κ1) is 22.7. The van der Waals surface area contributed by atoms with E-state index in [1.165, 1.54) is 12.8 Å². The summed E-state index contributed by atoms with van der Waals surface area (Å²) in [5.74, 6) is 3.77. The fourth-order valence-electron chi connectivity index (χ4n) is 3.54. The van der Waals surface area contributed by atoms with Crippen molar-refractivity contribution < 1.29 is 4.42 Å². The number of aromatic nitrogens is 2. The van der Waals surface area contributed by atoms with Gasteiger partial charge < -0.3 is 15.1 Å². The topological polar surface area (TPSA) is 78.6 Å².